The summed E-state index contributed by atoms with van der Waals surface area (Å²) in [5, 5.41) is 22.0. The van der Waals surface area contributed by atoms with Crippen molar-refractivity contribution in [2.75, 3.05) is 5.32 Å². The van der Waals surface area contributed by atoms with E-state index in [1.165, 1.54) is 6.07 Å². The van der Waals surface area contributed by atoms with Crippen molar-refractivity contribution in [3.8, 4) is 5.88 Å². The summed E-state index contributed by atoms with van der Waals surface area (Å²) in [5.41, 5.74) is -0.999. The summed E-state index contributed by atoms with van der Waals surface area (Å²) in [6.45, 7) is 0. The van der Waals surface area contributed by atoms with E-state index in [-0.39, 0.29) is 0 Å². The van der Waals surface area contributed by atoms with E-state index < -0.39 is 28.6 Å². The quantitative estimate of drug-likeness (QED) is 0.419. The number of aromatic hydroxyl groups is 1. The first-order valence-corrected chi connectivity index (χ1v) is 5.72. The largest absolute Gasteiger partial charge is 0.494 e. The molecular formula is C11H8N6O4. The minimum atomic E-state index is -0.990. The van der Waals surface area contributed by atoms with Gasteiger partial charge in [-0.05, 0) is 18.2 Å². The summed E-state index contributed by atoms with van der Waals surface area (Å²) in [4.78, 5) is 38.2. The van der Waals surface area contributed by atoms with Crippen molar-refractivity contribution in [1.82, 2.24) is 25.4 Å². The molecule has 0 radical (unpaired) electrons. The van der Waals surface area contributed by atoms with E-state index in [1.807, 2.05) is 9.97 Å². The Labute approximate surface area is 114 Å². The van der Waals surface area contributed by atoms with E-state index in [0.29, 0.717) is 16.7 Å². The third-order valence-corrected chi connectivity index (χ3v) is 2.72. The van der Waals surface area contributed by atoms with Crippen LogP contribution in [-0.2, 0) is 0 Å². The summed E-state index contributed by atoms with van der Waals surface area (Å²) in [6, 6.07) is 4.71. The van der Waals surface area contributed by atoms with Crippen LogP contribution in [0.1, 0.15) is 10.4 Å². The summed E-state index contributed by atoms with van der Waals surface area (Å²) in [5.74, 6) is -1.67. The Morgan fingerprint density at radius 1 is 1.14 bits per heavy atom. The maximum Gasteiger partial charge on any atom is 0.328 e. The Hall–Kier alpha value is -3.43. The fourth-order valence-corrected chi connectivity index (χ4v) is 1.80. The zero-order valence-electron chi connectivity index (χ0n) is 10.3. The van der Waals surface area contributed by atoms with Crippen LogP contribution < -0.4 is 16.6 Å². The molecule has 0 aliphatic heterocycles. The van der Waals surface area contributed by atoms with Gasteiger partial charge in [0.2, 0.25) is 5.88 Å². The van der Waals surface area contributed by atoms with Gasteiger partial charge in [0.1, 0.15) is 11.0 Å². The number of amides is 1. The molecule has 2 heterocycles. The molecule has 10 nitrogen and oxygen atoms in total. The molecule has 0 fully saturated rings. The van der Waals surface area contributed by atoms with Crippen LogP contribution in [0.25, 0.3) is 11.0 Å². The Balaban J connectivity index is 1.96. The third-order valence-electron chi connectivity index (χ3n) is 2.72. The van der Waals surface area contributed by atoms with Gasteiger partial charge in [0, 0.05) is 5.69 Å². The Bertz CT molecular complexity index is 953. The molecule has 5 N–H and O–H groups in total. The van der Waals surface area contributed by atoms with Crippen LogP contribution in [0.15, 0.2) is 27.8 Å². The van der Waals surface area contributed by atoms with Gasteiger partial charge in [-0.25, -0.2) is 4.79 Å². The smallest absolute Gasteiger partial charge is 0.328 e. The molecule has 0 saturated heterocycles. The Morgan fingerprint density at radius 2 is 1.90 bits per heavy atom. The molecule has 0 saturated carbocycles. The number of carbonyl (C=O) groups is 1. The summed E-state index contributed by atoms with van der Waals surface area (Å²) in [6.07, 6.45) is 0. The monoisotopic (exact) mass is 288 g/mol. The highest BCUT2D eigenvalue weighted by molar-refractivity contribution is 6.06. The summed E-state index contributed by atoms with van der Waals surface area (Å²) < 4.78 is 0. The first-order valence-electron chi connectivity index (χ1n) is 5.72. The lowest BCUT2D eigenvalue weighted by Gasteiger charge is -2.05. The van der Waals surface area contributed by atoms with Crippen molar-refractivity contribution in [1.29, 1.82) is 0 Å². The lowest BCUT2D eigenvalue weighted by molar-refractivity contribution is 0.102. The average Bonchev–Trinajstić information content (AvgIpc) is 2.84. The average molecular weight is 288 g/mol. The van der Waals surface area contributed by atoms with Gasteiger partial charge < -0.3 is 10.4 Å². The standard InChI is InChI=1S/C11H8N6O4/c18-8(7-9(19)13-11(21)14-10(7)20)12-4-1-2-5-6(3-4)16-17-15-5/h1-3H,(H,12,18)(H,15,16,17)(H3,13,14,19,20,21). The van der Waals surface area contributed by atoms with E-state index in [0.717, 1.165) is 0 Å². The van der Waals surface area contributed by atoms with E-state index in [1.54, 1.807) is 12.1 Å². The second kappa shape index (κ2) is 4.59. The number of benzene rings is 1. The van der Waals surface area contributed by atoms with Crippen molar-refractivity contribution in [3.63, 3.8) is 0 Å². The van der Waals surface area contributed by atoms with E-state index in [4.69, 9.17) is 0 Å². The van der Waals surface area contributed by atoms with Crippen molar-refractivity contribution in [2.45, 2.75) is 0 Å². The molecule has 21 heavy (non-hydrogen) atoms. The highest BCUT2D eigenvalue weighted by atomic mass is 16.3. The lowest BCUT2D eigenvalue weighted by atomic mass is 10.2. The van der Waals surface area contributed by atoms with E-state index >= 15 is 0 Å². The van der Waals surface area contributed by atoms with Crippen LogP contribution in [-0.4, -0.2) is 36.4 Å². The number of nitrogens with zero attached hydrogens (tertiary/aromatic N) is 2. The zero-order chi connectivity index (χ0) is 15.0. The molecule has 0 aliphatic rings. The maximum absolute atomic E-state index is 12.0. The molecule has 10 heteroatoms. The predicted molar refractivity (Wildman–Crippen MR) is 71.2 cm³/mol. The SMILES string of the molecule is O=C(Nc1ccc2n[nH]nc2c1)c1c(O)[nH]c(=O)[nH]c1=O. The number of carbonyl (C=O) groups excluding carboxylic acids is 1. The molecule has 3 aromatic rings. The highest BCUT2D eigenvalue weighted by Crippen LogP contribution is 2.16. The summed E-state index contributed by atoms with van der Waals surface area (Å²) in [7, 11) is 0. The molecule has 1 amide bonds. The predicted octanol–water partition coefficient (Wildman–Crippen LogP) is -0.708. The normalized spacial score (nSPS) is 10.7. The third kappa shape index (κ3) is 2.25. The number of aromatic amines is 3. The van der Waals surface area contributed by atoms with Gasteiger partial charge in [0.15, 0.2) is 5.56 Å². The van der Waals surface area contributed by atoms with Gasteiger partial charge in [0.25, 0.3) is 11.5 Å². The number of nitrogens with one attached hydrogen (secondary N) is 4. The van der Waals surface area contributed by atoms with Crippen LogP contribution in [0.5, 0.6) is 5.88 Å². The topological polar surface area (TPSA) is 157 Å². The zero-order valence-corrected chi connectivity index (χ0v) is 10.3. The van der Waals surface area contributed by atoms with Crippen LogP contribution >= 0.6 is 0 Å². The first-order chi connectivity index (χ1) is 10.0. The Kier molecular flexibility index (Phi) is 2.76. The van der Waals surface area contributed by atoms with Gasteiger partial charge in [-0.2, -0.15) is 15.4 Å². The van der Waals surface area contributed by atoms with Crippen LogP contribution in [0, 0.1) is 0 Å². The molecule has 0 unspecified atom stereocenters. The number of hydrogen-bond donors (Lipinski definition) is 5. The molecule has 0 atom stereocenters. The number of hydrogen-bond acceptors (Lipinski definition) is 6. The molecule has 3 rings (SSSR count). The van der Waals surface area contributed by atoms with Gasteiger partial charge >= 0.3 is 5.69 Å². The lowest BCUT2D eigenvalue weighted by Crippen LogP contribution is -2.30. The van der Waals surface area contributed by atoms with Crippen molar-refractivity contribution >= 4 is 22.6 Å². The molecule has 1 aromatic carbocycles. The number of fused-ring (bicyclic) bond motifs is 1. The van der Waals surface area contributed by atoms with Crippen molar-refractivity contribution in [3.05, 3.63) is 44.6 Å². The maximum atomic E-state index is 12.0. The Morgan fingerprint density at radius 3 is 2.67 bits per heavy atom. The first kappa shape index (κ1) is 12.6. The number of H-pyrrole nitrogens is 3. The number of anilines is 1. The fourth-order valence-electron chi connectivity index (χ4n) is 1.80. The minimum Gasteiger partial charge on any atom is -0.494 e. The molecule has 2 aromatic heterocycles. The minimum absolute atomic E-state index is 0.353. The van der Waals surface area contributed by atoms with Crippen LogP contribution in [0.2, 0.25) is 0 Å². The van der Waals surface area contributed by atoms with Gasteiger partial charge in [-0.3, -0.25) is 19.6 Å². The fraction of sp³-hybridized carbons (Fsp3) is 0. The van der Waals surface area contributed by atoms with Crippen LogP contribution in [0.3, 0.4) is 0 Å². The van der Waals surface area contributed by atoms with Crippen molar-refractivity contribution in [2.24, 2.45) is 0 Å². The van der Waals surface area contributed by atoms with Gasteiger partial charge in [0.05, 0.1) is 0 Å². The van der Waals surface area contributed by atoms with Crippen LogP contribution in [0.4, 0.5) is 5.69 Å². The molecule has 106 valence electrons. The van der Waals surface area contributed by atoms with E-state index in [2.05, 4.69) is 20.7 Å². The van der Waals surface area contributed by atoms with Gasteiger partial charge in [-0.15, -0.1) is 0 Å². The molecule has 0 aliphatic carbocycles. The summed E-state index contributed by atoms with van der Waals surface area (Å²) >= 11 is 0. The van der Waals surface area contributed by atoms with Crippen molar-refractivity contribution < 1.29 is 9.90 Å². The van der Waals surface area contributed by atoms with E-state index in [9.17, 15) is 19.5 Å². The van der Waals surface area contributed by atoms with Gasteiger partial charge in [-0.1, -0.05) is 0 Å². The number of rotatable bonds is 2. The second-order valence-corrected chi connectivity index (χ2v) is 4.11. The molecule has 0 bridgehead atoms. The molecule has 0 spiro atoms. The molecular weight excluding hydrogens is 280 g/mol. The second-order valence-electron chi connectivity index (χ2n) is 4.11. The highest BCUT2D eigenvalue weighted by Gasteiger charge is 2.17. The number of aromatic nitrogens is 5.